The largest absolute Gasteiger partial charge is 0.467 e. The summed E-state index contributed by atoms with van der Waals surface area (Å²) >= 11 is 0. The molecule has 0 unspecified atom stereocenters. The van der Waals surface area contributed by atoms with E-state index in [1.54, 1.807) is 11.0 Å². The Bertz CT molecular complexity index is 470. The van der Waals surface area contributed by atoms with Gasteiger partial charge >= 0.3 is 5.97 Å². The fraction of sp³-hybridized carbons (Fsp3) is 0.429. The first kappa shape index (κ1) is 12.6. The molecule has 1 aromatic carbocycles. The molecule has 0 N–H and O–H groups in total. The van der Waals surface area contributed by atoms with Gasteiger partial charge in [-0.2, -0.15) is 0 Å². The number of hydrogen-bond donors (Lipinski definition) is 0. The van der Waals surface area contributed by atoms with Gasteiger partial charge < -0.3 is 9.64 Å². The Balaban J connectivity index is 2.23. The van der Waals surface area contributed by atoms with E-state index in [1.165, 1.54) is 7.11 Å². The Morgan fingerprint density at radius 3 is 2.72 bits per heavy atom. The van der Waals surface area contributed by atoms with E-state index >= 15 is 0 Å². The Labute approximate surface area is 107 Å². The zero-order valence-electron chi connectivity index (χ0n) is 10.7. The van der Waals surface area contributed by atoms with Crippen molar-refractivity contribution in [2.45, 2.75) is 25.8 Å². The van der Waals surface area contributed by atoms with Crippen LogP contribution in [0.25, 0.3) is 0 Å². The molecule has 0 radical (unpaired) electrons. The number of ether oxygens (including phenoxy) is 1. The third-order valence-electron chi connectivity index (χ3n) is 3.36. The molecular weight excluding hydrogens is 230 g/mol. The fourth-order valence-corrected chi connectivity index (χ4v) is 2.36. The van der Waals surface area contributed by atoms with Crippen molar-refractivity contribution < 1.29 is 14.3 Å². The topological polar surface area (TPSA) is 46.6 Å². The molecule has 1 saturated heterocycles. The molecule has 2 rings (SSSR count). The second-order valence-corrected chi connectivity index (χ2v) is 4.49. The van der Waals surface area contributed by atoms with E-state index < -0.39 is 6.04 Å². The van der Waals surface area contributed by atoms with E-state index in [1.807, 2.05) is 25.1 Å². The molecule has 1 fully saturated rings. The first-order chi connectivity index (χ1) is 8.65. The van der Waals surface area contributed by atoms with Crippen molar-refractivity contribution >= 4 is 11.9 Å². The first-order valence-electron chi connectivity index (χ1n) is 6.09. The Morgan fingerprint density at radius 1 is 1.33 bits per heavy atom. The second-order valence-electron chi connectivity index (χ2n) is 4.49. The average molecular weight is 247 g/mol. The summed E-state index contributed by atoms with van der Waals surface area (Å²) in [7, 11) is 1.36. The highest BCUT2D eigenvalue weighted by Crippen LogP contribution is 2.22. The van der Waals surface area contributed by atoms with Gasteiger partial charge in [0, 0.05) is 12.1 Å². The van der Waals surface area contributed by atoms with E-state index in [0.29, 0.717) is 18.5 Å². The minimum absolute atomic E-state index is 0.0824. The molecule has 0 aliphatic carbocycles. The summed E-state index contributed by atoms with van der Waals surface area (Å²) in [5.41, 5.74) is 1.59. The monoisotopic (exact) mass is 247 g/mol. The molecular formula is C14H17NO3. The molecule has 0 aromatic heterocycles. The van der Waals surface area contributed by atoms with E-state index in [4.69, 9.17) is 4.74 Å². The van der Waals surface area contributed by atoms with Crippen molar-refractivity contribution in [2.24, 2.45) is 0 Å². The number of carbonyl (C=O) groups is 2. The molecule has 4 nitrogen and oxygen atoms in total. The lowest BCUT2D eigenvalue weighted by Gasteiger charge is -2.23. The molecule has 1 heterocycles. The van der Waals surface area contributed by atoms with Crippen LogP contribution in [0.3, 0.4) is 0 Å². The van der Waals surface area contributed by atoms with E-state index in [2.05, 4.69) is 0 Å². The highest BCUT2D eigenvalue weighted by Gasteiger charge is 2.35. The fourth-order valence-electron chi connectivity index (χ4n) is 2.36. The summed E-state index contributed by atoms with van der Waals surface area (Å²) in [5.74, 6) is -0.407. The number of rotatable bonds is 2. The Morgan fingerprint density at radius 2 is 2.06 bits per heavy atom. The van der Waals surface area contributed by atoms with Crippen LogP contribution in [-0.2, 0) is 9.53 Å². The number of likely N-dealkylation sites (tertiary alicyclic amines) is 1. The van der Waals surface area contributed by atoms with Gasteiger partial charge in [0.1, 0.15) is 6.04 Å². The van der Waals surface area contributed by atoms with Crippen LogP contribution in [0.4, 0.5) is 0 Å². The van der Waals surface area contributed by atoms with Crippen molar-refractivity contribution in [2.75, 3.05) is 13.7 Å². The number of hydrogen-bond acceptors (Lipinski definition) is 3. The van der Waals surface area contributed by atoms with Crippen molar-refractivity contribution in [1.82, 2.24) is 4.90 Å². The van der Waals surface area contributed by atoms with Crippen LogP contribution in [0.5, 0.6) is 0 Å². The average Bonchev–Trinajstić information content (AvgIpc) is 2.86. The van der Waals surface area contributed by atoms with Crippen LogP contribution >= 0.6 is 0 Å². The minimum atomic E-state index is -0.429. The maximum Gasteiger partial charge on any atom is 0.328 e. The van der Waals surface area contributed by atoms with Gasteiger partial charge in [-0.05, 0) is 31.4 Å². The van der Waals surface area contributed by atoms with Gasteiger partial charge in [0.15, 0.2) is 0 Å². The van der Waals surface area contributed by atoms with E-state index in [-0.39, 0.29) is 11.9 Å². The smallest absolute Gasteiger partial charge is 0.328 e. The molecule has 1 aliphatic heterocycles. The third-order valence-corrected chi connectivity index (χ3v) is 3.36. The number of esters is 1. The van der Waals surface area contributed by atoms with Crippen LogP contribution in [-0.4, -0.2) is 36.5 Å². The van der Waals surface area contributed by atoms with Crippen LogP contribution < -0.4 is 0 Å². The molecule has 1 amide bonds. The van der Waals surface area contributed by atoms with Crippen molar-refractivity contribution in [1.29, 1.82) is 0 Å². The van der Waals surface area contributed by atoms with E-state index in [9.17, 15) is 9.59 Å². The van der Waals surface area contributed by atoms with Gasteiger partial charge in [0.05, 0.1) is 7.11 Å². The quantitative estimate of drug-likeness (QED) is 0.748. The predicted molar refractivity (Wildman–Crippen MR) is 67.3 cm³/mol. The molecule has 18 heavy (non-hydrogen) atoms. The standard InChI is InChI=1S/C14H17NO3/c1-10-6-3-4-7-11(10)13(16)15-9-5-8-12(15)14(17)18-2/h3-4,6-7,12H,5,8-9H2,1-2H3/t12-/m0/s1. The number of aryl methyl sites for hydroxylation is 1. The molecule has 4 heteroatoms. The predicted octanol–water partition coefficient (Wildman–Crippen LogP) is 1.77. The van der Waals surface area contributed by atoms with Crippen molar-refractivity contribution in [3.05, 3.63) is 35.4 Å². The normalized spacial score (nSPS) is 18.8. The minimum Gasteiger partial charge on any atom is -0.467 e. The number of benzene rings is 1. The molecule has 1 aliphatic rings. The highest BCUT2D eigenvalue weighted by atomic mass is 16.5. The van der Waals surface area contributed by atoms with Gasteiger partial charge in [0.2, 0.25) is 0 Å². The number of amides is 1. The van der Waals surface area contributed by atoms with Crippen molar-refractivity contribution in [3.8, 4) is 0 Å². The van der Waals surface area contributed by atoms with Crippen LogP contribution in [0.15, 0.2) is 24.3 Å². The number of carbonyl (C=O) groups excluding carboxylic acids is 2. The summed E-state index contributed by atoms with van der Waals surface area (Å²) in [5, 5.41) is 0. The maximum absolute atomic E-state index is 12.4. The first-order valence-corrected chi connectivity index (χ1v) is 6.09. The van der Waals surface area contributed by atoms with Crippen LogP contribution in [0, 0.1) is 6.92 Å². The molecule has 0 saturated carbocycles. The summed E-state index contributed by atoms with van der Waals surface area (Å²) in [6.45, 7) is 2.52. The van der Waals surface area contributed by atoms with Gasteiger partial charge in [-0.25, -0.2) is 4.79 Å². The lowest BCUT2D eigenvalue weighted by atomic mass is 10.1. The van der Waals surface area contributed by atoms with Gasteiger partial charge in [-0.1, -0.05) is 18.2 Å². The van der Waals surface area contributed by atoms with E-state index in [0.717, 1.165) is 12.0 Å². The summed E-state index contributed by atoms with van der Waals surface area (Å²) in [4.78, 5) is 25.7. The Kier molecular flexibility index (Phi) is 3.65. The van der Waals surface area contributed by atoms with Gasteiger partial charge in [-0.15, -0.1) is 0 Å². The van der Waals surface area contributed by atoms with Crippen LogP contribution in [0.2, 0.25) is 0 Å². The highest BCUT2D eigenvalue weighted by molar-refractivity contribution is 5.98. The zero-order chi connectivity index (χ0) is 13.1. The third kappa shape index (κ3) is 2.23. The molecule has 96 valence electrons. The summed E-state index contributed by atoms with van der Waals surface area (Å²) in [6, 6.07) is 7.00. The van der Waals surface area contributed by atoms with Crippen molar-refractivity contribution in [3.63, 3.8) is 0 Å². The maximum atomic E-state index is 12.4. The van der Waals surface area contributed by atoms with Gasteiger partial charge in [-0.3, -0.25) is 4.79 Å². The number of nitrogens with zero attached hydrogens (tertiary/aromatic N) is 1. The summed E-state index contributed by atoms with van der Waals surface area (Å²) < 4.78 is 4.75. The zero-order valence-corrected chi connectivity index (χ0v) is 10.7. The lowest BCUT2D eigenvalue weighted by molar-refractivity contribution is -0.145. The number of methoxy groups -OCH3 is 1. The molecule has 0 bridgehead atoms. The molecule has 1 atom stereocenters. The molecule has 1 aromatic rings. The lowest BCUT2D eigenvalue weighted by Crippen LogP contribution is -2.41. The van der Waals surface area contributed by atoms with Crippen LogP contribution in [0.1, 0.15) is 28.8 Å². The second kappa shape index (κ2) is 5.21. The summed E-state index contributed by atoms with van der Waals surface area (Å²) in [6.07, 6.45) is 1.53. The Hall–Kier alpha value is -1.84. The SMILES string of the molecule is COC(=O)[C@@H]1CCCN1C(=O)c1ccccc1C. The molecule has 0 spiro atoms. The van der Waals surface area contributed by atoms with Gasteiger partial charge in [0.25, 0.3) is 5.91 Å².